The fourth-order valence-corrected chi connectivity index (χ4v) is 6.86. The van der Waals surface area contributed by atoms with Gasteiger partial charge in [-0.3, -0.25) is 23.4 Å². The van der Waals surface area contributed by atoms with Crippen LogP contribution in [0.2, 0.25) is 0 Å². The van der Waals surface area contributed by atoms with E-state index in [1.165, 1.54) is 18.2 Å². The molecule has 2 aliphatic rings. The van der Waals surface area contributed by atoms with E-state index in [2.05, 4.69) is 25.1 Å². The van der Waals surface area contributed by atoms with E-state index in [9.17, 15) is 37.0 Å². The molecule has 2 aromatic carbocycles. The van der Waals surface area contributed by atoms with Crippen LogP contribution in [0.4, 0.5) is 16.2 Å². The van der Waals surface area contributed by atoms with Crippen LogP contribution < -0.4 is 20.7 Å². The molecule has 0 radical (unpaired) electrons. The standard InChI is InChI=1S/C30H39N5O9S2/c1-17(2)13-14-30(33-23(36)16-31-28(39)44-29(3,4)5)20-10-8-7-9-19(20)25(37)24(26(30)38)27-32-21-12-11-18(34-45(6,40)41)15-22(21)46(42,43)35-27/h7-12,15,17,34,37,42-43H,13-14,16H2,1-6H3,(H,31,39)(H,32,35)(H,33,36). The van der Waals surface area contributed by atoms with Gasteiger partial charge in [-0.2, -0.15) is 0 Å². The first-order chi connectivity index (χ1) is 21.2. The summed E-state index contributed by atoms with van der Waals surface area (Å²) in [4.78, 5) is 40.1. The third kappa shape index (κ3) is 7.63. The van der Waals surface area contributed by atoms with Crippen LogP contribution in [-0.4, -0.2) is 64.7 Å². The van der Waals surface area contributed by atoms with Crippen LogP contribution >= 0.6 is 10.8 Å². The predicted molar refractivity (Wildman–Crippen MR) is 176 cm³/mol. The molecule has 14 nitrogen and oxygen atoms in total. The van der Waals surface area contributed by atoms with E-state index >= 15 is 0 Å². The van der Waals surface area contributed by atoms with Gasteiger partial charge in [0.2, 0.25) is 15.9 Å². The molecule has 16 heteroatoms. The molecule has 1 aliphatic carbocycles. The number of sulfonamides is 1. The first kappa shape index (κ1) is 34.7. The first-order valence-electron chi connectivity index (χ1n) is 14.4. The Morgan fingerprint density at radius 3 is 2.43 bits per heavy atom. The zero-order valence-corrected chi connectivity index (χ0v) is 27.9. The molecule has 0 spiro atoms. The van der Waals surface area contributed by atoms with Gasteiger partial charge in [0.25, 0.3) is 0 Å². The molecule has 1 atom stereocenters. The number of hydrogen-bond donors (Lipinski definition) is 7. The second kappa shape index (κ2) is 12.6. The van der Waals surface area contributed by atoms with Gasteiger partial charge in [0.15, 0.2) is 11.6 Å². The van der Waals surface area contributed by atoms with Gasteiger partial charge in [-0.25, -0.2) is 13.2 Å². The maximum atomic E-state index is 14.6. The van der Waals surface area contributed by atoms with Crippen molar-refractivity contribution in [3.05, 3.63) is 59.2 Å². The SMILES string of the molecule is CC(C)CCC1(NC(=O)CNC(=O)OC(C)(C)C)C(=O)C(C2=NS(O)(O)c3cc(NS(C)(=O)=O)ccc3N2)=C(O)c2ccccc21. The Kier molecular flexibility index (Phi) is 9.51. The first-order valence-corrected chi connectivity index (χ1v) is 17.7. The third-order valence-electron chi connectivity index (χ3n) is 7.02. The molecular weight excluding hydrogens is 638 g/mol. The summed E-state index contributed by atoms with van der Waals surface area (Å²) in [5, 5.41) is 19.5. The molecule has 0 bridgehead atoms. The van der Waals surface area contributed by atoms with Gasteiger partial charge in [-0.15, -0.1) is 4.40 Å². The maximum absolute atomic E-state index is 14.6. The summed E-state index contributed by atoms with van der Waals surface area (Å²) < 4.78 is 57.1. The van der Waals surface area contributed by atoms with Gasteiger partial charge in [0, 0.05) is 5.56 Å². The van der Waals surface area contributed by atoms with Gasteiger partial charge in [0.05, 0.1) is 17.6 Å². The number of hydrogen-bond acceptors (Lipinski definition) is 11. The van der Waals surface area contributed by atoms with Crippen molar-refractivity contribution in [2.45, 2.75) is 63.5 Å². The Morgan fingerprint density at radius 2 is 1.80 bits per heavy atom. The minimum atomic E-state index is -4.02. The van der Waals surface area contributed by atoms with Gasteiger partial charge in [-0.1, -0.05) is 48.9 Å². The fourth-order valence-electron chi connectivity index (χ4n) is 5.11. The Bertz CT molecular complexity index is 1750. The highest BCUT2D eigenvalue weighted by molar-refractivity contribution is 8.23. The molecule has 0 saturated carbocycles. The number of rotatable bonds is 9. The van der Waals surface area contributed by atoms with Crippen molar-refractivity contribution in [3.8, 4) is 0 Å². The number of aliphatic hydroxyl groups is 1. The topological polar surface area (TPSA) is 216 Å². The van der Waals surface area contributed by atoms with Gasteiger partial charge in [-0.05, 0) is 63.3 Å². The lowest BCUT2D eigenvalue weighted by Gasteiger charge is -2.41. The summed E-state index contributed by atoms with van der Waals surface area (Å²) in [5.74, 6) is -2.24. The van der Waals surface area contributed by atoms with Gasteiger partial charge < -0.3 is 25.8 Å². The second-order valence-electron chi connectivity index (χ2n) is 12.5. The summed E-state index contributed by atoms with van der Waals surface area (Å²) in [5.41, 5.74) is -2.26. The predicted octanol–water partition coefficient (Wildman–Crippen LogP) is 4.73. The Balaban J connectivity index is 1.78. The number of amidine groups is 1. The second-order valence-corrected chi connectivity index (χ2v) is 15.9. The smallest absolute Gasteiger partial charge is 0.408 e. The molecule has 46 heavy (non-hydrogen) atoms. The van der Waals surface area contributed by atoms with Crippen molar-refractivity contribution >= 4 is 61.6 Å². The van der Waals surface area contributed by atoms with E-state index in [1.54, 1.807) is 45.0 Å². The van der Waals surface area contributed by atoms with E-state index < -0.39 is 67.6 Å². The quantitative estimate of drug-likeness (QED) is 0.194. The van der Waals surface area contributed by atoms with Crippen LogP contribution in [0.15, 0.2) is 57.3 Å². The van der Waals surface area contributed by atoms with Crippen molar-refractivity contribution in [3.63, 3.8) is 0 Å². The molecular formula is C30H39N5O9S2. The number of ether oxygens (including phenoxy) is 1. The lowest BCUT2D eigenvalue weighted by atomic mass is 9.71. The van der Waals surface area contributed by atoms with E-state index in [0.717, 1.165) is 6.26 Å². The van der Waals surface area contributed by atoms with E-state index in [0.29, 0.717) is 12.0 Å². The van der Waals surface area contributed by atoms with Crippen LogP contribution in [0.1, 0.15) is 58.6 Å². The molecule has 7 N–H and O–H groups in total. The highest BCUT2D eigenvalue weighted by Gasteiger charge is 2.50. The number of fused-ring (bicyclic) bond motifs is 2. The monoisotopic (exact) mass is 677 g/mol. The van der Waals surface area contributed by atoms with Crippen molar-refractivity contribution in [2.75, 3.05) is 22.8 Å². The number of nitrogens with one attached hydrogen (secondary N) is 4. The number of ketones is 1. The summed E-state index contributed by atoms with van der Waals surface area (Å²) in [7, 11) is -7.69. The van der Waals surface area contributed by atoms with E-state index in [-0.39, 0.29) is 40.0 Å². The molecule has 2 amide bonds. The molecule has 2 aromatic rings. The van der Waals surface area contributed by atoms with Gasteiger partial charge >= 0.3 is 6.09 Å². The molecule has 0 saturated heterocycles. The lowest BCUT2D eigenvalue weighted by molar-refractivity contribution is -0.130. The largest absolute Gasteiger partial charge is 0.506 e. The Labute approximate surface area is 269 Å². The summed E-state index contributed by atoms with van der Waals surface area (Å²) in [6, 6.07) is 10.4. The molecule has 0 fully saturated rings. The van der Waals surface area contributed by atoms with Gasteiger partial charge in [0.1, 0.15) is 33.9 Å². The summed E-state index contributed by atoms with van der Waals surface area (Å²) in [6.45, 7) is 8.39. The summed E-state index contributed by atoms with van der Waals surface area (Å²) >= 11 is 0. The van der Waals surface area contributed by atoms with Crippen molar-refractivity contribution in [2.24, 2.45) is 10.3 Å². The number of Topliss-reactive ketones (excluding diaryl/α,β-unsaturated/α-hetero) is 1. The highest BCUT2D eigenvalue weighted by atomic mass is 32.3. The Hall–Kier alpha value is -4.12. The average molecular weight is 678 g/mol. The number of nitrogens with zero attached hydrogens (tertiary/aromatic N) is 1. The number of carbonyl (C=O) groups is 3. The third-order valence-corrected chi connectivity index (χ3v) is 8.99. The van der Waals surface area contributed by atoms with Crippen molar-refractivity contribution in [1.29, 1.82) is 0 Å². The number of anilines is 2. The molecule has 1 unspecified atom stereocenters. The number of amides is 2. The number of alkyl carbamates (subject to hydrolysis) is 1. The van der Waals surface area contributed by atoms with Crippen LogP contribution in [0.25, 0.3) is 5.76 Å². The number of carbonyl (C=O) groups excluding carboxylic acids is 3. The maximum Gasteiger partial charge on any atom is 0.408 e. The summed E-state index contributed by atoms with van der Waals surface area (Å²) in [6.07, 6.45) is 0.670. The molecule has 0 aromatic heterocycles. The van der Waals surface area contributed by atoms with Crippen molar-refractivity contribution < 1.29 is 41.8 Å². The molecule has 1 aliphatic heterocycles. The molecule has 4 rings (SSSR count). The molecule has 250 valence electrons. The van der Waals surface area contributed by atoms with E-state index in [1.807, 2.05) is 13.8 Å². The number of aliphatic hydroxyl groups excluding tert-OH is 1. The molecule has 1 heterocycles. The average Bonchev–Trinajstić information content (AvgIpc) is 2.92. The van der Waals surface area contributed by atoms with Crippen LogP contribution in [-0.2, 0) is 29.9 Å². The highest BCUT2D eigenvalue weighted by Crippen LogP contribution is 2.57. The normalized spacial score (nSPS) is 19.7. The minimum absolute atomic E-state index is 0.0572. The van der Waals surface area contributed by atoms with E-state index in [4.69, 9.17) is 4.74 Å². The van der Waals surface area contributed by atoms with Crippen molar-refractivity contribution in [1.82, 2.24) is 10.6 Å². The Morgan fingerprint density at radius 1 is 1.13 bits per heavy atom. The number of benzene rings is 2. The zero-order chi connectivity index (χ0) is 34.2. The lowest BCUT2D eigenvalue weighted by Crippen LogP contribution is -2.57. The van der Waals surface area contributed by atoms with Crippen LogP contribution in [0, 0.1) is 5.92 Å². The zero-order valence-electron chi connectivity index (χ0n) is 26.3. The van der Waals surface area contributed by atoms with Crippen LogP contribution in [0.5, 0.6) is 0 Å². The fraction of sp³-hybridized carbons (Fsp3) is 0.400. The minimum Gasteiger partial charge on any atom is -0.506 e. The van der Waals surface area contributed by atoms with Crippen LogP contribution in [0.3, 0.4) is 0 Å².